The number of aryl methyl sites for hydroxylation is 1. The molecule has 0 saturated carbocycles. The summed E-state index contributed by atoms with van der Waals surface area (Å²) >= 11 is 1.71. The second-order valence-corrected chi connectivity index (χ2v) is 6.13. The van der Waals surface area contributed by atoms with Crippen molar-refractivity contribution >= 4 is 17.6 Å². The van der Waals surface area contributed by atoms with Crippen molar-refractivity contribution in [1.82, 2.24) is 9.97 Å². The average Bonchev–Trinajstić information content (AvgIpc) is 2.09. The molecule has 1 aromatic heterocycles. The molecule has 0 aliphatic heterocycles. The van der Waals surface area contributed by atoms with Gasteiger partial charge in [0.2, 0.25) is 0 Å². The third-order valence-corrected chi connectivity index (χ3v) is 2.99. The van der Waals surface area contributed by atoms with E-state index in [1.807, 2.05) is 0 Å². The second-order valence-electron chi connectivity index (χ2n) is 4.33. The SMILES string of the molecule is Cc1nc(CSC(C)(C)C)nc(N)c1F. The van der Waals surface area contributed by atoms with Gasteiger partial charge in [-0.1, -0.05) is 20.8 Å². The largest absolute Gasteiger partial charge is 0.381 e. The maximum Gasteiger partial charge on any atom is 0.186 e. The van der Waals surface area contributed by atoms with E-state index in [0.29, 0.717) is 17.3 Å². The lowest BCUT2D eigenvalue weighted by atomic mass is 10.3. The molecule has 0 spiro atoms. The molecular formula is C10H16FN3S. The molecule has 1 rings (SSSR count). The number of nitrogens with zero attached hydrogens (tertiary/aromatic N) is 2. The molecule has 5 heteroatoms. The molecular weight excluding hydrogens is 213 g/mol. The smallest absolute Gasteiger partial charge is 0.186 e. The van der Waals surface area contributed by atoms with Crippen molar-refractivity contribution in [2.24, 2.45) is 0 Å². The van der Waals surface area contributed by atoms with Gasteiger partial charge in [-0.25, -0.2) is 14.4 Å². The normalized spacial score (nSPS) is 11.8. The highest BCUT2D eigenvalue weighted by Gasteiger charge is 2.13. The van der Waals surface area contributed by atoms with E-state index < -0.39 is 5.82 Å². The summed E-state index contributed by atoms with van der Waals surface area (Å²) < 4.78 is 13.3. The van der Waals surface area contributed by atoms with Crippen LogP contribution in [-0.2, 0) is 5.75 Å². The van der Waals surface area contributed by atoms with Crippen LogP contribution in [0.25, 0.3) is 0 Å². The Bertz CT molecular complexity index is 337. The molecule has 2 N–H and O–H groups in total. The molecule has 84 valence electrons. The minimum absolute atomic E-state index is 0.0630. The number of hydrogen-bond donors (Lipinski definition) is 1. The van der Waals surface area contributed by atoms with Gasteiger partial charge < -0.3 is 5.73 Å². The van der Waals surface area contributed by atoms with E-state index in [1.165, 1.54) is 0 Å². The molecule has 0 aliphatic rings. The molecule has 1 aromatic rings. The van der Waals surface area contributed by atoms with Crippen LogP contribution in [0.5, 0.6) is 0 Å². The highest BCUT2D eigenvalue weighted by molar-refractivity contribution is 7.99. The quantitative estimate of drug-likeness (QED) is 0.846. The average molecular weight is 229 g/mol. The summed E-state index contributed by atoms with van der Waals surface area (Å²) in [7, 11) is 0. The van der Waals surface area contributed by atoms with Gasteiger partial charge in [0.1, 0.15) is 5.82 Å². The number of rotatable bonds is 2. The molecule has 0 atom stereocenters. The van der Waals surface area contributed by atoms with Crippen LogP contribution < -0.4 is 5.73 Å². The molecule has 0 unspecified atom stereocenters. The van der Waals surface area contributed by atoms with E-state index >= 15 is 0 Å². The summed E-state index contributed by atoms with van der Waals surface area (Å²) in [5, 5.41) is 0. The summed E-state index contributed by atoms with van der Waals surface area (Å²) in [6.07, 6.45) is 0. The van der Waals surface area contributed by atoms with Gasteiger partial charge in [-0.2, -0.15) is 0 Å². The van der Waals surface area contributed by atoms with Crippen LogP contribution in [0.4, 0.5) is 10.2 Å². The Morgan fingerprint density at radius 2 is 1.93 bits per heavy atom. The molecule has 3 nitrogen and oxygen atoms in total. The number of hydrogen-bond acceptors (Lipinski definition) is 4. The van der Waals surface area contributed by atoms with Gasteiger partial charge in [-0.15, -0.1) is 11.8 Å². The third-order valence-electron chi connectivity index (χ3n) is 1.72. The predicted octanol–water partition coefficient (Wildman–Crippen LogP) is 2.54. The molecule has 1 heterocycles. The first-order valence-corrected chi connectivity index (χ1v) is 5.70. The number of thioether (sulfide) groups is 1. The van der Waals surface area contributed by atoms with Crippen molar-refractivity contribution in [3.05, 3.63) is 17.3 Å². The highest BCUT2D eigenvalue weighted by atomic mass is 32.2. The lowest BCUT2D eigenvalue weighted by Gasteiger charge is -2.16. The molecule has 0 aromatic carbocycles. The summed E-state index contributed by atoms with van der Waals surface area (Å²) in [5.74, 6) is 0.660. The van der Waals surface area contributed by atoms with Crippen molar-refractivity contribution in [3.8, 4) is 0 Å². The first-order valence-electron chi connectivity index (χ1n) is 4.72. The standard InChI is InChI=1S/C10H16FN3S/c1-6-8(11)9(12)14-7(13-6)5-15-10(2,3)4/h5H2,1-4H3,(H2,12,13,14). The second kappa shape index (κ2) is 4.35. The van der Waals surface area contributed by atoms with E-state index in [2.05, 4.69) is 30.7 Å². The number of nitrogen functional groups attached to an aromatic ring is 1. The van der Waals surface area contributed by atoms with Crippen LogP contribution in [0.1, 0.15) is 32.3 Å². The minimum atomic E-state index is -0.514. The van der Waals surface area contributed by atoms with Crippen molar-refractivity contribution in [3.63, 3.8) is 0 Å². The maximum absolute atomic E-state index is 13.1. The number of nitrogens with two attached hydrogens (primary N) is 1. The van der Waals surface area contributed by atoms with Gasteiger partial charge in [0, 0.05) is 4.75 Å². The van der Waals surface area contributed by atoms with E-state index in [1.54, 1.807) is 18.7 Å². The van der Waals surface area contributed by atoms with Gasteiger partial charge in [-0.05, 0) is 6.92 Å². The summed E-state index contributed by atoms with van der Waals surface area (Å²) in [6, 6.07) is 0. The molecule has 0 fully saturated rings. The fourth-order valence-electron chi connectivity index (χ4n) is 0.987. The highest BCUT2D eigenvalue weighted by Crippen LogP contribution is 2.26. The Morgan fingerprint density at radius 3 is 2.40 bits per heavy atom. The van der Waals surface area contributed by atoms with Crippen LogP contribution in [0.3, 0.4) is 0 Å². The van der Waals surface area contributed by atoms with Gasteiger partial charge in [0.15, 0.2) is 11.6 Å². The van der Waals surface area contributed by atoms with E-state index in [-0.39, 0.29) is 10.6 Å². The van der Waals surface area contributed by atoms with E-state index in [4.69, 9.17) is 5.73 Å². The van der Waals surface area contributed by atoms with Gasteiger partial charge in [0.05, 0.1) is 11.4 Å². The maximum atomic E-state index is 13.1. The first kappa shape index (κ1) is 12.2. The van der Waals surface area contributed by atoms with Crippen LogP contribution in [0.2, 0.25) is 0 Å². The Hall–Kier alpha value is -0.840. The molecule has 15 heavy (non-hydrogen) atoms. The van der Waals surface area contributed by atoms with Crippen molar-refractivity contribution in [1.29, 1.82) is 0 Å². The summed E-state index contributed by atoms with van der Waals surface area (Å²) in [5.41, 5.74) is 5.74. The minimum Gasteiger partial charge on any atom is -0.381 e. The van der Waals surface area contributed by atoms with E-state index in [0.717, 1.165) is 0 Å². The lowest BCUT2D eigenvalue weighted by molar-refractivity contribution is 0.604. The van der Waals surface area contributed by atoms with Crippen molar-refractivity contribution < 1.29 is 4.39 Å². The van der Waals surface area contributed by atoms with Crippen LogP contribution in [0, 0.1) is 12.7 Å². The third kappa shape index (κ3) is 3.66. The zero-order valence-corrected chi connectivity index (χ0v) is 10.3. The summed E-state index contributed by atoms with van der Waals surface area (Å²) in [6.45, 7) is 7.92. The van der Waals surface area contributed by atoms with Crippen LogP contribution in [-0.4, -0.2) is 14.7 Å². The lowest BCUT2D eigenvalue weighted by Crippen LogP contribution is -2.10. The molecule has 0 amide bonds. The van der Waals surface area contributed by atoms with Gasteiger partial charge in [0.25, 0.3) is 0 Å². The van der Waals surface area contributed by atoms with Crippen molar-refractivity contribution in [2.45, 2.75) is 38.2 Å². The summed E-state index contributed by atoms with van der Waals surface area (Å²) in [4.78, 5) is 7.96. The molecule has 0 radical (unpaired) electrons. The molecule has 0 bridgehead atoms. The Labute approximate surface area is 93.7 Å². The topological polar surface area (TPSA) is 51.8 Å². The zero-order chi connectivity index (χ0) is 11.6. The Morgan fingerprint density at radius 1 is 1.33 bits per heavy atom. The number of halogens is 1. The number of anilines is 1. The molecule has 0 aliphatic carbocycles. The van der Waals surface area contributed by atoms with Crippen LogP contribution >= 0.6 is 11.8 Å². The van der Waals surface area contributed by atoms with Crippen LogP contribution in [0.15, 0.2) is 0 Å². The predicted molar refractivity (Wildman–Crippen MR) is 62.2 cm³/mol. The van der Waals surface area contributed by atoms with E-state index in [9.17, 15) is 4.39 Å². The monoisotopic (exact) mass is 229 g/mol. The first-order chi connectivity index (χ1) is 6.79. The molecule has 0 saturated heterocycles. The fourth-order valence-corrected chi connectivity index (χ4v) is 1.68. The van der Waals surface area contributed by atoms with Gasteiger partial charge in [-0.3, -0.25) is 0 Å². The van der Waals surface area contributed by atoms with Crippen molar-refractivity contribution in [2.75, 3.05) is 5.73 Å². The Balaban J connectivity index is 2.80. The Kier molecular flexibility index (Phi) is 3.54. The zero-order valence-electron chi connectivity index (χ0n) is 9.47. The van der Waals surface area contributed by atoms with Gasteiger partial charge >= 0.3 is 0 Å². The fraction of sp³-hybridized carbons (Fsp3) is 0.600. The number of aromatic nitrogens is 2.